The third-order valence-electron chi connectivity index (χ3n) is 3.63. The highest BCUT2D eigenvalue weighted by Gasteiger charge is 2.35. The van der Waals surface area contributed by atoms with Gasteiger partial charge in [-0.3, -0.25) is 4.90 Å². The second-order valence-electron chi connectivity index (χ2n) is 4.74. The van der Waals surface area contributed by atoms with Crippen molar-refractivity contribution in [3.05, 3.63) is 0 Å². The molecule has 14 heavy (non-hydrogen) atoms. The molecule has 0 bridgehead atoms. The molecule has 3 unspecified atom stereocenters. The van der Waals surface area contributed by atoms with Crippen LogP contribution in [0.15, 0.2) is 0 Å². The summed E-state index contributed by atoms with van der Waals surface area (Å²) in [6, 6.07) is 1.62. The third kappa shape index (κ3) is 2.10. The fraction of sp³-hybridized carbons (Fsp3) is 1.00. The molecule has 2 heterocycles. The fourth-order valence-electron chi connectivity index (χ4n) is 2.86. The lowest BCUT2D eigenvalue weighted by Crippen LogP contribution is -2.48. The summed E-state index contributed by atoms with van der Waals surface area (Å²) >= 11 is 0. The molecule has 0 radical (unpaired) electrons. The maximum Gasteiger partial charge on any atom is 0.0582 e. The Hall–Kier alpha value is -0.120. The summed E-state index contributed by atoms with van der Waals surface area (Å²) in [4.78, 5) is 2.62. The van der Waals surface area contributed by atoms with Crippen molar-refractivity contribution in [2.75, 3.05) is 19.7 Å². The van der Waals surface area contributed by atoms with Crippen molar-refractivity contribution in [2.24, 2.45) is 0 Å². The normalized spacial score (nSPS) is 35.6. The summed E-state index contributed by atoms with van der Waals surface area (Å²) in [5.41, 5.74) is 0. The Morgan fingerprint density at radius 3 is 3.00 bits per heavy atom. The molecule has 3 atom stereocenters. The van der Waals surface area contributed by atoms with Crippen molar-refractivity contribution in [1.29, 1.82) is 0 Å². The number of nitrogens with zero attached hydrogens (tertiary/aromatic N) is 1. The van der Waals surface area contributed by atoms with Gasteiger partial charge in [-0.25, -0.2) is 0 Å². The number of rotatable bonds is 3. The van der Waals surface area contributed by atoms with Crippen molar-refractivity contribution >= 4 is 0 Å². The zero-order valence-corrected chi connectivity index (χ0v) is 9.08. The summed E-state index contributed by atoms with van der Waals surface area (Å²) in [7, 11) is 0. The number of nitrogens with one attached hydrogen (secondary N) is 1. The average molecular weight is 198 g/mol. The van der Waals surface area contributed by atoms with E-state index in [0.29, 0.717) is 6.04 Å². The van der Waals surface area contributed by atoms with E-state index in [1.165, 1.54) is 38.8 Å². The van der Waals surface area contributed by atoms with Crippen LogP contribution in [0.1, 0.15) is 32.6 Å². The predicted octanol–water partition coefficient (Wildman–Crippen LogP) is 0.584. The van der Waals surface area contributed by atoms with Gasteiger partial charge in [0.1, 0.15) is 0 Å². The third-order valence-corrected chi connectivity index (χ3v) is 3.63. The summed E-state index contributed by atoms with van der Waals surface area (Å²) in [5, 5.41) is 12.6. The topological polar surface area (TPSA) is 35.5 Å². The number of aliphatic hydroxyl groups excluding tert-OH is 1. The van der Waals surface area contributed by atoms with Gasteiger partial charge < -0.3 is 10.4 Å². The second-order valence-corrected chi connectivity index (χ2v) is 4.74. The van der Waals surface area contributed by atoms with Crippen LogP contribution in [0, 0.1) is 0 Å². The number of hydrogen-bond acceptors (Lipinski definition) is 3. The summed E-state index contributed by atoms with van der Waals surface area (Å²) in [6.07, 6.45) is 5.36. The highest BCUT2D eigenvalue weighted by Crippen LogP contribution is 2.27. The zero-order valence-electron chi connectivity index (χ0n) is 9.08. The Balaban J connectivity index is 1.87. The van der Waals surface area contributed by atoms with E-state index in [9.17, 15) is 0 Å². The van der Waals surface area contributed by atoms with Gasteiger partial charge in [0, 0.05) is 24.7 Å². The molecule has 3 nitrogen and oxygen atoms in total. The molecule has 0 aromatic rings. The van der Waals surface area contributed by atoms with Gasteiger partial charge >= 0.3 is 0 Å². The Bertz CT molecular complexity index is 186. The van der Waals surface area contributed by atoms with Crippen LogP contribution in [0.25, 0.3) is 0 Å². The molecule has 0 aromatic carbocycles. The molecule has 2 aliphatic heterocycles. The quantitative estimate of drug-likeness (QED) is 0.696. The van der Waals surface area contributed by atoms with E-state index >= 15 is 0 Å². The van der Waals surface area contributed by atoms with E-state index in [0.717, 1.165) is 6.04 Å². The van der Waals surface area contributed by atoms with Crippen LogP contribution in [0.4, 0.5) is 0 Å². The first kappa shape index (κ1) is 10.4. The lowest BCUT2D eigenvalue weighted by atomic mass is 9.98. The molecule has 2 N–H and O–H groups in total. The lowest BCUT2D eigenvalue weighted by Gasteiger charge is -2.33. The van der Waals surface area contributed by atoms with Crippen molar-refractivity contribution in [1.82, 2.24) is 10.2 Å². The molecule has 2 saturated heterocycles. The van der Waals surface area contributed by atoms with Gasteiger partial charge in [-0.2, -0.15) is 0 Å². The molecule has 0 spiro atoms. The highest BCUT2D eigenvalue weighted by atomic mass is 16.3. The van der Waals surface area contributed by atoms with Gasteiger partial charge in [0.05, 0.1) is 6.61 Å². The smallest absolute Gasteiger partial charge is 0.0582 e. The Morgan fingerprint density at radius 2 is 2.21 bits per heavy atom. The van der Waals surface area contributed by atoms with Crippen LogP contribution in [0.5, 0.6) is 0 Å². The molecule has 2 fully saturated rings. The highest BCUT2D eigenvalue weighted by molar-refractivity contribution is 4.94. The van der Waals surface area contributed by atoms with Gasteiger partial charge in [0.2, 0.25) is 0 Å². The molecule has 0 aliphatic carbocycles. The van der Waals surface area contributed by atoms with Crippen molar-refractivity contribution in [3.63, 3.8) is 0 Å². The lowest BCUT2D eigenvalue weighted by molar-refractivity contribution is 0.168. The molecule has 2 aliphatic rings. The molecular weight excluding hydrogens is 176 g/mol. The van der Waals surface area contributed by atoms with Gasteiger partial charge in [0.25, 0.3) is 0 Å². The van der Waals surface area contributed by atoms with E-state index in [1.54, 1.807) is 0 Å². The first-order chi connectivity index (χ1) is 6.81. The van der Waals surface area contributed by atoms with Crippen molar-refractivity contribution < 1.29 is 5.11 Å². The molecule has 0 amide bonds. The minimum atomic E-state index is 0.252. The average Bonchev–Trinajstić information content (AvgIpc) is 2.62. The Kier molecular flexibility index (Phi) is 3.42. The maximum atomic E-state index is 9.02. The Labute approximate surface area is 86.5 Å². The van der Waals surface area contributed by atoms with Crippen LogP contribution in [0.3, 0.4) is 0 Å². The SMILES string of the molecule is CC(CO)NC1CCN2CCCCC12. The first-order valence-electron chi connectivity index (χ1n) is 5.92. The standard InChI is InChI=1S/C11H22N2O/c1-9(8-14)12-10-5-7-13-6-3-2-4-11(10)13/h9-12,14H,2-8H2,1H3. The van der Waals surface area contributed by atoms with Gasteiger partial charge in [-0.05, 0) is 32.7 Å². The molecule has 82 valence electrons. The molecule has 3 heteroatoms. The molecule has 2 rings (SSSR count). The minimum Gasteiger partial charge on any atom is -0.395 e. The largest absolute Gasteiger partial charge is 0.395 e. The molecular formula is C11H22N2O. The van der Waals surface area contributed by atoms with Crippen LogP contribution < -0.4 is 5.32 Å². The van der Waals surface area contributed by atoms with Crippen LogP contribution in [-0.2, 0) is 0 Å². The number of piperidine rings is 1. The minimum absolute atomic E-state index is 0.252. The Morgan fingerprint density at radius 1 is 1.36 bits per heavy atom. The van der Waals surface area contributed by atoms with Gasteiger partial charge in [0.15, 0.2) is 0 Å². The summed E-state index contributed by atoms with van der Waals surface area (Å²) in [5.74, 6) is 0. The summed E-state index contributed by atoms with van der Waals surface area (Å²) in [6.45, 7) is 4.85. The van der Waals surface area contributed by atoms with Crippen LogP contribution in [0.2, 0.25) is 0 Å². The number of hydrogen-bond donors (Lipinski definition) is 2. The second kappa shape index (κ2) is 4.60. The van der Waals surface area contributed by atoms with E-state index in [-0.39, 0.29) is 12.6 Å². The zero-order chi connectivity index (χ0) is 9.97. The van der Waals surface area contributed by atoms with E-state index in [1.807, 2.05) is 0 Å². The fourth-order valence-corrected chi connectivity index (χ4v) is 2.86. The summed E-state index contributed by atoms with van der Waals surface area (Å²) < 4.78 is 0. The monoisotopic (exact) mass is 198 g/mol. The maximum absolute atomic E-state index is 9.02. The predicted molar refractivity (Wildman–Crippen MR) is 57.3 cm³/mol. The van der Waals surface area contributed by atoms with Crippen LogP contribution >= 0.6 is 0 Å². The van der Waals surface area contributed by atoms with E-state index < -0.39 is 0 Å². The number of fused-ring (bicyclic) bond motifs is 1. The van der Waals surface area contributed by atoms with Gasteiger partial charge in [-0.1, -0.05) is 6.42 Å². The first-order valence-corrected chi connectivity index (χ1v) is 5.92. The van der Waals surface area contributed by atoms with E-state index in [2.05, 4.69) is 17.1 Å². The molecule has 0 saturated carbocycles. The van der Waals surface area contributed by atoms with Gasteiger partial charge in [-0.15, -0.1) is 0 Å². The van der Waals surface area contributed by atoms with Crippen molar-refractivity contribution in [2.45, 2.75) is 50.7 Å². The number of aliphatic hydroxyl groups is 1. The van der Waals surface area contributed by atoms with E-state index in [4.69, 9.17) is 5.11 Å². The van der Waals surface area contributed by atoms with Crippen molar-refractivity contribution in [3.8, 4) is 0 Å². The van der Waals surface area contributed by atoms with Crippen LogP contribution in [-0.4, -0.2) is 47.8 Å². The molecule has 0 aromatic heterocycles.